The van der Waals surface area contributed by atoms with Crippen LogP contribution in [0.5, 0.6) is 5.75 Å². The number of hydrogen-bond acceptors (Lipinski definition) is 6. The lowest BCUT2D eigenvalue weighted by molar-refractivity contribution is 0.217. The fraction of sp³-hybridized carbons (Fsp3) is 0.308. The van der Waals surface area contributed by atoms with Crippen LogP contribution in [0.15, 0.2) is 18.2 Å². The summed E-state index contributed by atoms with van der Waals surface area (Å²) in [4.78, 5) is 0. The smallest absolute Gasteiger partial charge is 0.203 e. The van der Waals surface area contributed by atoms with Crippen molar-refractivity contribution >= 4 is 16.5 Å². The van der Waals surface area contributed by atoms with E-state index in [0.29, 0.717) is 21.5 Å². The highest BCUT2D eigenvalue weighted by atomic mass is 32.1. The van der Waals surface area contributed by atoms with E-state index in [-0.39, 0.29) is 6.10 Å². The molecule has 1 atom stereocenters. The Morgan fingerprint density at radius 2 is 2.26 bits per heavy atom. The Bertz CT molecular complexity index is 617. The molecule has 6 heteroatoms. The molecule has 5 nitrogen and oxygen atoms in total. The van der Waals surface area contributed by atoms with Gasteiger partial charge in [0.25, 0.3) is 0 Å². The quantitative estimate of drug-likeness (QED) is 0.926. The minimum atomic E-state index is 0.0788. The van der Waals surface area contributed by atoms with Crippen LogP contribution in [0, 0.1) is 11.3 Å². The normalized spacial score (nSPS) is 11.8. The average molecular weight is 274 g/mol. The standard InChI is InChI=1S/C13H14N4OS/c1-3-8(2)18-11-5-4-9(6-10(11)7-14)12-16-17-13(15)19-12/h4-6,8H,3H2,1-2H3,(H2,15,17). The molecule has 0 aliphatic rings. The third kappa shape index (κ3) is 3.01. The van der Waals surface area contributed by atoms with Crippen molar-refractivity contribution in [2.45, 2.75) is 26.4 Å². The number of aromatic nitrogens is 2. The third-order valence-electron chi connectivity index (χ3n) is 2.69. The maximum Gasteiger partial charge on any atom is 0.203 e. The van der Waals surface area contributed by atoms with Gasteiger partial charge in [0.05, 0.1) is 11.7 Å². The molecule has 1 heterocycles. The van der Waals surface area contributed by atoms with E-state index < -0.39 is 0 Å². The summed E-state index contributed by atoms with van der Waals surface area (Å²) in [5.74, 6) is 0.595. The van der Waals surface area contributed by atoms with Gasteiger partial charge in [0.2, 0.25) is 5.13 Å². The number of nitrogens with zero attached hydrogens (tertiary/aromatic N) is 3. The van der Waals surface area contributed by atoms with Crippen molar-refractivity contribution in [1.82, 2.24) is 10.2 Å². The highest BCUT2D eigenvalue weighted by Crippen LogP contribution is 2.29. The molecule has 1 aromatic heterocycles. The number of rotatable bonds is 4. The van der Waals surface area contributed by atoms with E-state index in [9.17, 15) is 5.26 Å². The second-order valence-electron chi connectivity index (χ2n) is 4.10. The molecular weight excluding hydrogens is 260 g/mol. The van der Waals surface area contributed by atoms with Crippen molar-refractivity contribution in [2.24, 2.45) is 0 Å². The Labute approximate surface area is 115 Å². The molecule has 0 aliphatic heterocycles. The van der Waals surface area contributed by atoms with Crippen molar-refractivity contribution < 1.29 is 4.74 Å². The first-order valence-corrected chi connectivity index (χ1v) is 6.75. The van der Waals surface area contributed by atoms with E-state index in [2.05, 4.69) is 16.3 Å². The van der Waals surface area contributed by atoms with Gasteiger partial charge < -0.3 is 10.5 Å². The van der Waals surface area contributed by atoms with Gasteiger partial charge in [-0.05, 0) is 31.5 Å². The van der Waals surface area contributed by atoms with Crippen molar-refractivity contribution in [1.29, 1.82) is 5.26 Å². The highest BCUT2D eigenvalue weighted by molar-refractivity contribution is 7.18. The van der Waals surface area contributed by atoms with Gasteiger partial charge >= 0.3 is 0 Å². The van der Waals surface area contributed by atoms with Crippen LogP contribution in [0.4, 0.5) is 5.13 Å². The molecule has 0 amide bonds. The molecule has 0 fully saturated rings. The fourth-order valence-corrected chi connectivity index (χ4v) is 2.11. The minimum absolute atomic E-state index is 0.0788. The Hall–Kier alpha value is -2.13. The van der Waals surface area contributed by atoms with E-state index in [1.54, 1.807) is 12.1 Å². The Morgan fingerprint density at radius 3 is 2.84 bits per heavy atom. The van der Waals surface area contributed by atoms with Crippen LogP contribution in [-0.4, -0.2) is 16.3 Å². The first-order chi connectivity index (χ1) is 9.13. The molecule has 2 aromatic rings. The Morgan fingerprint density at radius 1 is 1.47 bits per heavy atom. The van der Waals surface area contributed by atoms with Crippen LogP contribution < -0.4 is 10.5 Å². The first-order valence-electron chi connectivity index (χ1n) is 5.94. The van der Waals surface area contributed by atoms with Gasteiger partial charge in [-0.2, -0.15) is 5.26 Å². The third-order valence-corrected chi connectivity index (χ3v) is 3.49. The second-order valence-corrected chi connectivity index (χ2v) is 5.11. The largest absolute Gasteiger partial charge is 0.489 e. The number of nitriles is 1. The minimum Gasteiger partial charge on any atom is -0.489 e. The highest BCUT2D eigenvalue weighted by Gasteiger charge is 2.11. The molecule has 0 spiro atoms. The first kappa shape index (κ1) is 13.3. The van der Waals surface area contributed by atoms with Gasteiger partial charge in [-0.3, -0.25) is 0 Å². The van der Waals surface area contributed by atoms with Gasteiger partial charge in [-0.15, -0.1) is 10.2 Å². The molecular formula is C13H14N4OS. The molecule has 0 radical (unpaired) electrons. The molecule has 0 saturated heterocycles. The number of nitrogen functional groups attached to an aromatic ring is 1. The summed E-state index contributed by atoms with van der Waals surface area (Å²) in [6.07, 6.45) is 0.967. The van der Waals surface area contributed by atoms with Crippen LogP contribution in [0.2, 0.25) is 0 Å². The second kappa shape index (κ2) is 5.67. The number of hydrogen-bond donors (Lipinski definition) is 1. The Kier molecular flexibility index (Phi) is 3.97. The topological polar surface area (TPSA) is 84.8 Å². The SMILES string of the molecule is CCC(C)Oc1ccc(-c2nnc(N)s2)cc1C#N. The van der Waals surface area contributed by atoms with Crippen LogP contribution in [0.3, 0.4) is 0 Å². The maximum atomic E-state index is 9.19. The van der Waals surface area contributed by atoms with E-state index in [0.717, 1.165) is 12.0 Å². The Balaban J connectivity index is 2.34. The molecule has 1 aromatic carbocycles. The molecule has 1 unspecified atom stereocenters. The summed E-state index contributed by atoms with van der Waals surface area (Å²) in [6, 6.07) is 7.54. The predicted molar refractivity (Wildman–Crippen MR) is 74.9 cm³/mol. The van der Waals surface area contributed by atoms with Crippen molar-refractivity contribution in [2.75, 3.05) is 5.73 Å². The molecule has 98 valence electrons. The van der Waals surface area contributed by atoms with E-state index in [1.165, 1.54) is 11.3 Å². The van der Waals surface area contributed by atoms with E-state index in [4.69, 9.17) is 10.5 Å². The summed E-state index contributed by atoms with van der Waals surface area (Å²) in [5.41, 5.74) is 6.87. The van der Waals surface area contributed by atoms with Gasteiger partial charge in [0, 0.05) is 5.56 Å². The van der Waals surface area contributed by atoms with Crippen LogP contribution in [0.25, 0.3) is 10.6 Å². The molecule has 2 rings (SSSR count). The summed E-state index contributed by atoms with van der Waals surface area (Å²) < 4.78 is 5.70. The number of anilines is 1. The zero-order chi connectivity index (χ0) is 13.8. The van der Waals surface area contributed by atoms with Crippen molar-refractivity contribution in [3.63, 3.8) is 0 Å². The summed E-state index contributed by atoms with van der Waals surface area (Å²) in [7, 11) is 0. The van der Waals surface area contributed by atoms with Crippen LogP contribution in [-0.2, 0) is 0 Å². The zero-order valence-electron chi connectivity index (χ0n) is 10.8. The fourth-order valence-electron chi connectivity index (χ4n) is 1.50. The molecule has 19 heavy (non-hydrogen) atoms. The van der Waals surface area contributed by atoms with Crippen molar-refractivity contribution in [3.8, 4) is 22.4 Å². The lowest BCUT2D eigenvalue weighted by Crippen LogP contribution is -2.10. The number of ether oxygens (including phenoxy) is 1. The molecule has 0 bridgehead atoms. The average Bonchev–Trinajstić information content (AvgIpc) is 2.85. The van der Waals surface area contributed by atoms with Crippen molar-refractivity contribution in [3.05, 3.63) is 23.8 Å². The van der Waals surface area contributed by atoms with Gasteiger partial charge in [-0.1, -0.05) is 18.3 Å². The molecule has 2 N–H and O–H groups in total. The van der Waals surface area contributed by atoms with Gasteiger partial charge in [-0.25, -0.2) is 0 Å². The monoisotopic (exact) mass is 274 g/mol. The maximum absolute atomic E-state index is 9.19. The lowest BCUT2D eigenvalue weighted by Gasteiger charge is -2.13. The summed E-state index contributed by atoms with van der Waals surface area (Å²) >= 11 is 1.29. The zero-order valence-corrected chi connectivity index (χ0v) is 11.6. The van der Waals surface area contributed by atoms with E-state index >= 15 is 0 Å². The number of nitrogens with two attached hydrogens (primary N) is 1. The van der Waals surface area contributed by atoms with Crippen LogP contribution in [0.1, 0.15) is 25.8 Å². The predicted octanol–water partition coefficient (Wildman–Crippen LogP) is 2.84. The van der Waals surface area contributed by atoms with Gasteiger partial charge in [0.1, 0.15) is 16.8 Å². The summed E-state index contributed by atoms with van der Waals surface area (Å²) in [5, 5.41) is 18.0. The lowest BCUT2D eigenvalue weighted by atomic mass is 10.1. The van der Waals surface area contributed by atoms with Crippen LogP contribution >= 0.6 is 11.3 Å². The molecule has 0 aliphatic carbocycles. The summed E-state index contributed by atoms with van der Waals surface area (Å²) in [6.45, 7) is 4.01. The number of benzene rings is 1. The van der Waals surface area contributed by atoms with Gasteiger partial charge in [0.15, 0.2) is 0 Å². The van der Waals surface area contributed by atoms with E-state index in [1.807, 2.05) is 19.9 Å². The molecule has 0 saturated carbocycles.